The van der Waals surface area contributed by atoms with Crippen LogP contribution in [0.5, 0.6) is 5.75 Å². The Morgan fingerprint density at radius 2 is 1.73 bits per heavy atom. The number of ketones is 1. The molecule has 5 rings (SSSR count). The van der Waals surface area contributed by atoms with E-state index >= 15 is 0 Å². The van der Waals surface area contributed by atoms with Crippen LogP contribution in [0.4, 0.5) is 0 Å². The highest BCUT2D eigenvalue weighted by atomic mass is 16.5. The Labute approximate surface area is 222 Å². The fourth-order valence-corrected chi connectivity index (χ4v) is 8.39. The molecular formula is C33H44O4. The van der Waals surface area contributed by atoms with Gasteiger partial charge in [0.2, 0.25) is 0 Å². The van der Waals surface area contributed by atoms with E-state index in [1.807, 2.05) is 6.07 Å². The molecule has 3 fully saturated rings. The van der Waals surface area contributed by atoms with E-state index in [9.17, 15) is 9.59 Å². The van der Waals surface area contributed by atoms with Gasteiger partial charge in [-0.25, -0.2) is 0 Å². The molecule has 0 spiro atoms. The van der Waals surface area contributed by atoms with E-state index in [-0.39, 0.29) is 46.4 Å². The molecule has 0 N–H and O–H groups in total. The van der Waals surface area contributed by atoms with Gasteiger partial charge >= 0.3 is 5.97 Å². The Hall–Kier alpha value is -2.36. The first-order chi connectivity index (χ1) is 17.4. The second-order valence-corrected chi connectivity index (χ2v) is 13.5. The normalized spacial score (nSPS) is 33.4. The first-order valence-corrected chi connectivity index (χ1v) is 14.2. The van der Waals surface area contributed by atoms with Gasteiger partial charge in [-0.3, -0.25) is 9.59 Å². The third kappa shape index (κ3) is 4.01. The van der Waals surface area contributed by atoms with Gasteiger partial charge in [-0.1, -0.05) is 72.2 Å². The Morgan fingerprint density at radius 1 is 1.03 bits per heavy atom. The summed E-state index contributed by atoms with van der Waals surface area (Å²) in [4.78, 5) is 27.1. The van der Waals surface area contributed by atoms with Crippen LogP contribution >= 0.6 is 0 Å². The zero-order valence-corrected chi connectivity index (χ0v) is 23.7. The van der Waals surface area contributed by atoms with Crippen molar-refractivity contribution in [2.45, 2.75) is 91.6 Å². The molecule has 0 aliphatic heterocycles. The van der Waals surface area contributed by atoms with Crippen LogP contribution < -0.4 is 4.74 Å². The Morgan fingerprint density at radius 3 is 2.46 bits per heavy atom. The van der Waals surface area contributed by atoms with Gasteiger partial charge < -0.3 is 9.47 Å². The van der Waals surface area contributed by atoms with E-state index in [1.165, 1.54) is 10.9 Å². The molecule has 3 aliphatic rings. The molecular weight excluding hydrogens is 460 g/mol. The van der Waals surface area contributed by atoms with Crippen LogP contribution in [0.2, 0.25) is 0 Å². The van der Waals surface area contributed by atoms with Crippen LogP contribution in [-0.4, -0.2) is 25.0 Å². The van der Waals surface area contributed by atoms with Crippen LogP contribution in [0.1, 0.15) is 85.6 Å². The SMILES string of the molecule is COc1ccc2cc(C(C)(C)[C@@H]3CC[C@@H](C)C[C@H]3OC(=O)[C@]34CCCC(=O)[C@H]3C(C)(C)[C@H]4C)ccc2c1. The highest BCUT2D eigenvalue weighted by molar-refractivity contribution is 5.94. The van der Waals surface area contributed by atoms with E-state index in [4.69, 9.17) is 9.47 Å². The summed E-state index contributed by atoms with van der Waals surface area (Å²) in [6.07, 6.45) is 5.09. The van der Waals surface area contributed by atoms with Crippen LogP contribution in [-0.2, 0) is 19.7 Å². The van der Waals surface area contributed by atoms with Crippen molar-refractivity contribution in [1.82, 2.24) is 0 Å². The van der Waals surface area contributed by atoms with Crippen molar-refractivity contribution in [1.29, 1.82) is 0 Å². The number of esters is 1. The molecule has 0 radical (unpaired) electrons. The number of benzene rings is 2. The van der Waals surface area contributed by atoms with E-state index in [2.05, 4.69) is 71.9 Å². The first-order valence-electron chi connectivity index (χ1n) is 14.2. The van der Waals surface area contributed by atoms with Crippen molar-refractivity contribution in [2.75, 3.05) is 7.11 Å². The number of fused-ring (bicyclic) bond motifs is 2. The first kappa shape index (κ1) is 26.3. The molecule has 3 saturated carbocycles. The zero-order valence-electron chi connectivity index (χ0n) is 23.7. The van der Waals surface area contributed by atoms with Crippen LogP contribution in [0.3, 0.4) is 0 Å². The maximum Gasteiger partial charge on any atom is 0.313 e. The number of hydrogen-bond donors (Lipinski definition) is 0. The number of carbonyl (C=O) groups is 2. The predicted molar refractivity (Wildman–Crippen MR) is 148 cm³/mol. The minimum Gasteiger partial charge on any atom is -0.497 e. The monoisotopic (exact) mass is 504 g/mol. The van der Waals surface area contributed by atoms with Crippen molar-refractivity contribution in [3.05, 3.63) is 42.0 Å². The number of methoxy groups -OCH3 is 1. The molecule has 6 atom stereocenters. The highest BCUT2D eigenvalue weighted by Gasteiger charge is 2.72. The number of Topliss-reactive ketones (excluding diaryl/α,β-unsaturated/α-hetero) is 1. The standard InChI is InChI=1S/C33H44O4/c1-20-10-15-26(32(5,6)24-13-11-23-19-25(36-7)14-12-22(23)18-24)28(17-20)37-30(35)33-16-8-9-27(34)29(33)31(3,4)21(33)2/h11-14,18-21,26,28-29H,8-10,15-17H2,1-7H3/t20-,21-,26-,28-,29+,33+/m1/s1. The van der Waals surface area contributed by atoms with Gasteiger partial charge in [0.25, 0.3) is 0 Å². The molecule has 2 aromatic carbocycles. The summed E-state index contributed by atoms with van der Waals surface area (Å²) in [5.41, 5.74) is 0.315. The Bertz CT molecular complexity index is 1210. The molecule has 0 unspecified atom stereocenters. The molecule has 4 nitrogen and oxygen atoms in total. The highest BCUT2D eigenvalue weighted by Crippen LogP contribution is 2.68. The van der Waals surface area contributed by atoms with Crippen molar-refractivity contribution >= 4 is 22.5 Å². The van der Waals surface area contributed by atoms with Gasteiger partial charge in [0.1, 0.15) is 17.6 Å². The lowest BCUT2D eigenvalue weighted by Crippen LogP contribution is -2.69. The second kappa shape index (κ2) is 9.13. The molecule has 0 heterocycles. The Balaban J connectivity index is 1.44. The van der Waals surface area contributed by atoms with Gasteiger partial charge in [0.15, 0.2) is 0 Å². The molecule has 2 aromatic rings. The van der Waals surface area contributed by atoms with E-state index < -0.39 is 5.41 Å². The van der Waals surface area contributed by atoms with E-state index in [0.29, 0.717) is 12.3 Å². The molecule has 4 heteroatoms. The zero-order chi connectivity index (χ0) is 26.8. The van der Waals surface area contributed by atoms with Crippen LogP contribution in [0.25, 0.3) is 10.8 Å². The van der Waals surface area contributed by atoms with Gasteiger partial charge in [0.05, 0.1) is 12.5 Å². The molecule has 0 amide bonds. The lowest BCUT2D eigenvalue weighted by Gasteiger charge is -2.65. The molecule has 37 heavy (non-hydrogen) atoms. The summed E-state index contributed by atoms with van der Waals surface area (Å²) < 4.78 is 12.0. The maximum absolute atomic E-state index is 14.1. The predicted octanol–water partition coefficient (Wildman–Crippen LogP) is 7.51. The number of rotatable bonds is 5. The summed E-state index contributed by atoms with van der Waals surface area (Å²) in [7, 11) is 1.69. The van der Waals surface area contributed by atoms with Gasteiger partial charge in [0, 0.05) is 18.3 Å². The minimum absolute atomic E-state index is 0.108. The summed E-state index contributed by atoms with van der Waals surface area (Å²) >= 11 is 0. The molecule has 0 aromatic heterocycles. The van der Waals surface area contributed by atoms with Gasteiger partial charge in [-0.15, -0.1) is 0 Å². The fraction of sp³-hybridized carbons (Fsp3) is 0.636. The van der Waals surface area contributed by atoms with E-state index in [0.717, 1.165) is 43.2 Å². The number of carbonyl (C=O) groups excluding carboxylic acids is 2. The summed E-state index contributed by atoms with van der Waals surface area (Å²) in [6.45, 7) is 13.3. The van der Waals surface area contributed by atoms with Gasteiger partial charge in [-0.2, -0.15) is 0 Å². The molecule has 3 aliphatic carbocycles. The third-order valence-electron chi connectivity index (χ3n) is 10.9. The summed E-state index contributed by atoms with van der Waals surface area (Å²) in [5, 5.41) is 2.35. The van der Waals surface area contributed by atoms with Crippen molar-refractivity contribution in [3.8, 4) is 5.75 Å². The summed E-state index contributed by atoms with van der Waals surface area (Å²) in [5.74, 6) is 1.69. The lowest BCUT2D eigenvalue weighted by atomic mass is 9.36. The smallest absolute Gasteiger partial charge is 0.313 e. The average molecular weight is 505 g/mol. The second-order valence-electron chi connectivity index (χ2n) is 13.5. The quantitative estimate of drug-likeness (QED) is 0.396. The molecule has 0 saturated heterocycles. The minimum atomic E-state index is -0.643. The summed E-state index contributed by atoms with van der Waals surface area (Å²) in [6, 6.07) is 12.9. The number of hydrogen-bond acceptors (Lipinski definition) is 4. The topological polar surface area (TPSA) is 52.6 Å². The fourth-order valence-electron chi connectivity index (χ4n) is 8.39. The average Bonchev–Trinajstić information content (AvgIpc) is 2.87. The number of ether oxygens (including phenoxy) is 2. The molecule has 200 valence electrons. The van der Waals surface area contributed by atoms with Crippen molar-refractivity contribution < 1.29 is 19.1 Å². The van der Waals surface area contributed by atoms with Crippen LogP contribution in [0.15, 0.2) is 36.4 Å². The maximum atomic E-state index is 14.1. The Kier molecular flexibility index (Phi) is 6.48. The van der Waals surface area contributed by atoms with E-state index in [1.54, 1.807) is 7.11 Å². The lowest BCUT2D eigenvalue weighted by molar-refractivity contribution is -0.226. The third-order valence-corrected chi connectivity index (χ3v) is 10.9. The largest absolute Gasteiger partial charge is 0.497 e. The van der Waals surface area contributed by atoms with Gasteiger partial charge in [-0.05, 0) is 76.8 Å². The van der Waals surface area contributed by atoms with Crippen molar-refractivity contribution in [3.63, 3.8) is 0 Å². The van der Waals surface area contributed by atoms with Crippen molar-refractivity contribution in [2.24, 2.45) is 34.5 Å². The molecule has 0 bridgehead atoms. The van der Waals surface area contributed by atoms with Crippen LogP contribution in [0, 0.1) is 34.5 Å².